The van der Waals surface area contributed by atoms with E-state index in [2.05, 4.69) is 12.2 Å². The number of rotatable bonds is 5. The summed E-state index contributed by atoms with van der Waals surface area (Å²) in [6.45, 7) is 3.07. The van der Waals surface area contributed by atoms with E-state index in [1.165, 1.54) is 25.0 Å². The number of nitrogens with one attached hydrogen (secondary N) is 1. The van der Waals surface area contributed by atoms with E-state index in [9.17, 15) is 8.78 Å². The summed E-state index contributed by atoms with van der Waals surface area (Å²) in [5, 5.41) is 3.43. The zero-order chi connectivity index (χ0) is 11.5. The maximum Gasteiger partial charge on any atom is 0.159 e. The second kappa shape index (κ2) is 4.91. The minimum absolute atomic E-state index is 0.450. The van der Waals surface area contributed by atoms with Gasteiger partial charge in [-0.3, -0.25) is 0 Å². The van der Waals surface area contributed by atoms with Crippen LogP contribution in [0.2, 0.25) is 0 Å². The van der Waals surface area contributed by atoms with Crippen molar-refractivity contribution in [3.8, 4) is 0 Å². The number of benzene rings is 1. The van der Waals surface area contributed by atoms with Crippen LogP contribution in [0.5, 0.6) is 0 Å². The lowest BCUT2D eigenvalue weighted by atomic mass is 10.0. The fourth-order valence-electron chi connectivity index (χ4n) is 1.80. The Kier molecular flexibility index (Phi) is 3.54. The molecule has 88 valence electrons. The largest absolute Gasteiger partial charge is 0.314 e. The van der Waals surface area contributed by atoms with Crippen LogP contribution in [0.3, 0.4) is 0 Å². The zero-order valence-corrected chi connectivity index (χ0v) is 9.47. The molecule has 0 radical (unpaired) electrons. The van der Waals surface area contributed by atoms with Gasteiger partial charge in [0.05, 0.1) is 0 Å². The first kappa shape index (κ1) is 11.5. The van der Waals surface area contributed by atoms with Gasteiger partial charge in [0.1, 0.15) is 0 Å². The lowest BCUT2D eigenvalue weighted by Gasteiger charge is -2.12. The van der Waals surface area contributed by atoms with Crippen LogP contribution in [-0.2, 0) is 6.42 Å². The minimum atomic E-state index is -0.771. The molecule has 1 aliphatic rings. The average Bonchev–Trinajstić information content (AvgIpc) is 3.04. The van der Waals surface area contributed by atoms with Crippen LogP contribution in [0.4, 0.5) is 8.78 Å². The fourth-order valence-corrected chi connectivity index (χ4v) is 1.80. The van der Waals surface area contributed by atoms with Gasteiger partial charge in [-0.15, -0.1) is 0 Å². The molecular formula is C13H17F2N. The molecule has 1 N–H and O–H groups in total. The summed E-state index contributed by atoms with van der Waals surface area (Å²) < 4.78 is 25.7. The molecule has 0 aromatic heterocycles. The van der Waals surface area contributed by atoms with E-state index in [0.29, 0.717) is 12.0 Å². The molecule has 1 atom stereocenters. The Morgan fingerprint density at radius 2 is 2.06 bits per heavy atom. The Morgan fingerprint density at radius 1 is 1.31 bits per heavy atom. The van der Waals surface area contributed by atoms with Crippen molar-refractivity contribution in [1.82, 2.24) is 5.32 Å². The average molecular weight is 225 g/mol. The summed E-state index contributed by atoms with van der Waals surface area (Å²) in [6, 6.07) is 4.85. The van der Waals surface area contributed by atoms with Crippen molar-refractivity contribution >= 4 is 0 Å². The van der Waals surface area contributed by atoms with Crippen molar-refractivity contribution in [2.75, 3.05) is 6.54 Å². The number of hydrogen-bond acceptors (Lipinski definition) is 1. The van der Waals surface area contributed by atoms with E-state index in [0.717, 1.165) is 18.5 Å². The summed E-state index contributed by atoms with van der Waals surface area (Å²) in [5.41, 5.74) is 0.865. The molecule has 1 unspecified atom stereocenters. The normalized spacial score (nSPS) is 17.4. The maximum atomic E-state index is 13.0. The number of halogens is 2. The molecule has 1 aromatic rings. The molecule has 0 aliphatic heterocycles. The van der Waals surface area contributed by atoms with Gasteiger partial charge in [0.15, 0.2) is 11.6 Å². The Labute approximate surface area is 94.9 Å². The van der Waals surface area contributed by atoms with Gasteiger partial charge in [-0.1, -0.05) is 13.0 Å². The van der Waals surface area contributed by atoms with Gasteiger partial charge >= 0.3 is 0 Å². The van der Waals surface area contributed by atoms with Crippen molar-refractivity contribution < 1.29 is 8.78 Å². The van der Waals surface area contributed by atoms with Crippen molar-refractivity contribution in [3.05, 3.63) is 35.4 Å². The Hall–Kier alpha value is -0.960. The first-order valence-corrected chi connectivity index (χ1v) is 5.82. The van der Waals surface area contributed by atoms with E-state index in [1.807, 2.05) is 0 Å². The Morgan fingerprint density at radius 3 is 2.69 bits per heavy atom. The number of hydrogen-bond donors (Lipinski definition) is 1. The van der Waals surface area contributed by atoms with Gasteiger partial charge in [0, 0.05) is 6.04 Å². The van der Waals surface area contributed by atoms with Crippen LogP contribution in [0.25, 0.3) is 0 Å². The molecule has 0 spiro atoms. The first-order valence-electron chi connectivity index (χ1n) is 5.82. The Balaban J connectivity index is 1.84. The van der Waals surface area contributed by atoms with Crippen LogP contribution >= 0.6 is 0 Å². The highest BCUT2D eigenvalue weighted by Crippen LogP contribution is 2.19. The zero-order valence-electron chi connectivity index (χ0n) is 9.47. The quantitative estimate of drug-likeness (QED) is 0.812. The summed E-state index contributed by atoms with van der Waals surface area (Å²) in [4.78, 5) is 0. The maximum absolute atomic E-state index is 13.0. The van der Waals surface area contributed by atoms with Crippen molar-refractivity contribution in [3.63, 3.8) is 0 Å². The van der Waals surface area contributed by atoms with Crippen LogP contribution in [0.1, 0.15) is 25.3 Å². The second-order valence-corrected chi connectivity index (χ2v) is 4.74. The smallest absolute Gasteiger partial charge is 0.159 e. The highest BCUT2D eigenvalue weighted by Gasteiger charge is 2.20. The molecule has 1 nitrogen and oxygen atoms in total. The highest BCUT2D eigenvalue weighted by atomic mass is 19.2. The van der Waals surface area contributed by atoms with Gasteiger partial charge in [0.2, 0.25) is 0 Å². The molecule has 0 heterocycles. The van der Waals surface area contributed by atoms with Crippen LogP contribution in [-0.4, -0.2) is 12.6 Å². The topological polar surface area (TPSA) is 12.0 Å². The molecule has 1 saturated carbocycles. The van der Waals surface area contributed by atoms with Gasteiger partial charge < -0.3 is 5.32 Å². The van der Waals surface area contributed by atoms with Crippen LogP contribution in [0, 0.1) is 17.6 Å². The monoisotopic (exact) mass is 225 g/mol. The predicted octanol–water partition coefficient (Wildman–Crippen LogP) is 2.90. The molecule has 1 aliphatic carbocycles. The van der Waals surface area contributed by atoms with Gasteiger partial charge in [-0.05, 0) is 49.4 Å². The highest BCUT2D eigenvalue weighted by molar-refractivity contribution is 5.18. The minimum Gasteiger partial charge on any atom is -0.314 e. The van der Waals surface area contributed by atoms with Gasteiger partial charge in [-0.2, -0.15) is 0 Å². The first-order chi connectivity index (χ1) is 7.65. The third-order valence-electron chi connectivity index (χ3n) is 2.90. The second-order valence-electron chi connectivity index (χ2n) is 4.74. The molecule has 1 aromatic carbocycles. The van der Waals surface area contributed by atoms with E-state index in [-0.39, 0.29) is 0 Å². The third kappa shape index (κ3) is 3.27. The van der Waals surface area contributed by atoms with E-state index in [4.69, 9.17) is 0 Å². The summed E-state index contributed by atoms with van der Waals surface area (Å²) in [5.74, 6) is -1.07. The molecule has 2 rings (SSSR count). The van der Waals surface area contributed by atoms with Crippen LogP contribution < -0.4 is 5.32 Å². The lowest BCUT2D eigenvalue weighted by Crippen LogP contribution is -2.24. The lowest BCUT2D eigenvalue weighted by molar-refractivity contribution is 0.493. The molecule has 0 bridgehead atoms. The summed E-state index contributed by atoms with van der Waals surface area (Å²) >= 11 is 0. The van der Waals surface area contributed by atoms with E-state index in [1.54, 1.807) is 6.07 Å². The van der Waals surface area contributed by atoms with Crippen molar-refractivity contribution in [2.45, 2.75) is 32.2 Å². The SMILES string of the molecule is CC(CNC1CC1)Cc1ccc(F)c(F)c1. The molecule has 0 saturated heterocycles. The van der Waals surface area contributed by atoms with Crippen molar-refractivity contribution in [1.29, 1.82) is 0 Å². The Bertz CT molecular complexity index is 361. The predicted molar refractivity (Wildman–Crippen MR) is 60.3 cm³/mol. The standard InChI is InChI=1S/C13H17F2N/c1-9(8-16-11-3-4-11)6-10-2-5-12(14)13(15)7-10/h2,5,7,9,11,16H,3-4,6,8H2,1H3. The van der Waals surface area contributed by atoms with E-state index < -0.39 is 11.6 Å². The molecule has 16 heavy (non-hydrogen) atoms. The summed E-state index contributed by atoms with van der Waals surface area (Å²) in [7, 11) is 0. The van der Waals surface area contributed by atoms with Crippen LogP contribution in [0.15, 0.2) is 18.2 Å². The summed E-state index contributed by atoms with van der Waals surface area (Å²) in [6.07, 6.45) is 3.34. The van der Waals surface area contributed by atoms with Gasteiger partial charge in [-0.25, -0.2) is 8.78 Å². The van der Waals surface area contributed by atoms with E-state index >= 15 is 0 Å². The van der Waals surface area contributed by atoms with Gasteiger partial charge in [0.25, 0.3) is 0 Å². The molecule has 1 fully saturated rings. The fraction of sp³-hybridized carbons (Fsp3) is 0.538. The molecular weight excluding hydrogens is 208 g/mol. The molecule has 3 heteroatoms. The molecule has 0 amide bonds. The van der Waals surface area contributed by atoms with Crippen molar-refractivity contribution in [2.24, 2.45) is 5.92 Å². The third-order valence-corrected chi connectivity index (χ3v) is 2.90.